The number of rotatable bonds is 4. The van der Waals surface area contributed by atoms with Gasteiger partial charge >= 0.3 is 0 Å². The van der Waals surface area contributed by atoms with Crippen LogP contribution in [0.25, 0.3) is 0 Å². The standard InChI is InChI=1S/C23H22N2O/c1-16-5-9-18(10-6-16)23(19-11-7-17(2)8-12-19)14-21(23)22(26)25-20-4-3-13-24-15-20/h3-13,15,21H,14H2,1-2H3,(H,25,26)/t21-/m0/s1. The third kappa shape index (κ3) is 2.90. The molecule has 0 unspecified atom stereocenters. The Hall–Kier alpha value is -2.94. The maximum atomic E-state index is 12.9. The number of hydrogen-bond donors (Lipinski definition) is 1. The molecule has 1 atom stereocenters. The van der Waals surface area contributed by atoms with Crippen LogP contribution in [0.4, 0.5) is 5.69 Å². The first-order valence-electron chi connectivity index (χ1n) is 8.95. The van der Waals surface area contributed by atoms with Crippen LogP contribution in [-0.2, 0) is 10.2 Å². The molecule has 130 valence electrons. The fourth-order valence-corrected chi connectivity index (χ4v) is 3.75. The van der Waals surface area contributed by atoms with E-state index in [1.54, 1.807) is 12.4 Å². The highest BCUT2D eigenvalue weighted by atomic mass is 16.2. The zero-order valence-corrected chi connectivity index (χ0v) is 15.1. The number of nitrogens with one attached hydrogen (secondary N) is 1. The molecule has 0 spiro atoms. The van der Waals surface area contributed by atoms with Crippen LogP contribution in [-0.4, -0.2) is 10.9 Å². The molecule has 0 radical (unpaired) electrons. The fraction of sp³-hybridized carbons (Fsp3) is 0.217. The molecule has 1 fully saturated rings. The summed E-state index contributed by atoms with van der Waals surface area (Å²) in [7, 11) is 0. The lowest BCUT2D eigenvalue weighted by Gasteiger charge is -2.19. The van der Waals surface area contributed by atoms with Crippen LogP contribution in [0.1, 0.15) is 28.7 Å². The Labute approximate surface area is 154 Å². The Morgan fingerprint density at radius 1 is 0.962 bits per heavy atom. The summed E-state index contributed by atoms with van der Waals surface area (Å²) in [5.74, 6) is -0.0210. The average molecular weight is 342 g/mol. The maximum Gasteiger partial charge on any atom is 0.228 e. The van der Waals surface area contributed by atoms with Gasteiger partial charge in [-0.2, -0.15) is 0 Å². The van der Waals surface area contributed by atoms with Gasteiger partial charge in [-0.05, 0) is 43.5 Å². The minimum absolute atomic E-state index is 0.0548. The van der Waals surface area contributed by atoms with Gasteiger partial charge in [0.25, 0.3) is 0 Å². The lowest BCUT2D eigenvalue weighted by atomic mass is 9.85. The Kier molecular flexibility index (Phi) is 4.08. The highest BCUT2D eigenvalue weighted by Crippen LogP contribution is 2.59. The van der Waals surface area contributed by atoms with Crippen molar-refractivity contribution in [3.05, 3.63) is 95.3 Å². The summed E-state index contributed by atoms with van der Waals surface area (Å²) in [6.07, 6.45) is 4.21. The highest BCUT2D eigenvalue weighted by Gasteiger charge is 2.60. The molecular weight excluding hydrogens is 320 g/mol. The van der Waals surface area contributed by atoms with E-state index in [4.69, 9.17) is 0 Å². The monoisotopic (exact) mass is 342 g/mol. The summed E-state index contributed by atoms with van der Waals surface area (Å²) in [6.45, 7) is 4.17. The highest BCUT2D eigenvalue weighted by molar-refractivity contribution is 5.96. The summed E-state index contributed by atoms with van der Waals surface area (Å²) in [6, 6.07) is 20.8. The summed E-state index contributed by atoms with van der Waals surface area (Å²) in [5.41, 5.74) is 5.37. The molecule has 1 aromatic heterocycles. The van der Waals surface area contributed by atoms with Crippen LogP contribution in [0.5, 0.6) is 0 Å². The van der Waals surface area contributed by atoms with Gasteiger partial charge in [-0.25, -0.2) is 0 Å². The minimum atomic E-state index is -0.242. The van der Waals surface area contributed by atoms with E-state index in [0.717, 1.165) is 12.1 Å². The molecule has 1 heterocycles. The molecule has 3 heteroatoms. The number of carbonyl (C=O) groups is 1. The molecule has 1 amide bonds. The van der Waals surface area contributed by atoms with Gasteiger partial charge in [0.15, 0.2) is 0 Å². The fourth-order valence-electron chi connectivity index (χ4n) is 3.75. The topological polar surface area (TPSA) is 42.0 Å². The maximum absolute atomic E-state index is 12.9. The lowest BCUT2D eigenvalue weighted by Crippen LogP contribution is -2.22. The minimum Gasteiger partial charge on any atom is -0.324 e. The van der Waals surface area contributed by atoms with E-state index in [1.807, 2.05) is 12.1 Å². The summed E-state index contributed by atoms with van der Waals surface area (Å²) < 4.78 is 0. The first kappa shape index (κ1) is 16.5. The Morgan fingerprint density at radius 2 is 1.54 bits per heavy atom. The van der Waals surface area contributed by atoms with Gasteiger partial charge in [0.1, 0.15) is 0 Å². The van der Waals surface area contributed by atoms with Crippen molar-refractivity contribution in [3.63, 3.8) is 0 Å². The predicted octanol–water partition coefficient (Wildman–Crippen LogP) is 4.64. The van der Waals surface area contributed by atoms with E-state index in [1.165, 1.54) is 22.3 Å². The van der Waals surface area contributed by atoms with Gasteiger partial charge in [-0.3, -0.25) is 9.78 Å². The van der Waals surface area contributed by atoms with Gasteiger partial charge in [-0.1, -0.05) is 59.7 Å². The molecule has 1 aliphatic carbocycles. The van der Waals surface area contributed by atoms with E-state index < -0.39 is 0 Å². The smallest absolute Gasteiger partial charge is 0.228 e. The molecule has 26 heavy (non-hydrogen) atoms. The van der Waals surface area contributed by atoms with Gasteiger partial charge < -0.3 is 5.32 Å². The molecule has 3 aromatic rings. The molecule has 1 aliphatic rings. The number of amides is 1. The largest absolute Gasteiger partial charge is 0.324 e. The predicted molar refractivity (Wildman–Crippen MR) is 104 cm³/mol. The summed E-state index contributed by atoms with van der Waals surface area (Å²) in [4.78, 5) is 17.0. The van der Waals surface area contributed by atoms with Crippen molar-refractivity contribution < 1.29 is 4.79 Å². The third-order valence-corrected chi connectivity index (χ3v) is 5.34. The first-order chi connectivity index (χ1) is 12.6. The van der Waals surface area contributed by atoms with Crippen molar-refractivity contribution in [1.82, 2.24) is 4.98 Å². The molecule has 3 nitrogen and oxygen atoms in total. The van der Waals surface area contributed by atoms with E-state index in [0.29, 0.717) is 0 Å². The van der Waals surface area contributed by atoms with Crippen LogP contribution >= 0.6 is 0 Å². The summed E-state index contributed by atoms with van der Waals surface area (Å²) >= 11 is 0. The Balaban J connectivity index is 1.68. The number of hydrogen-bond acceptors (Lipinski definition) is 2. The molecule has 2 aromatic carbocycles. The van der Waals surface area contributed by atoms with Crippen molar-refractivity contribution in [2.75, 3.05) is 5.32 Å². The second kappa shape index (κ2) is 6.41. The van der Waals surface area contributed by atoms with E-state index in [9.17, 15) is 4.79 Å². The molecular formula is C23H22N2O. The number of pyridine rings is 1. The number of nitrogens with zero attached hydrogens (tertiary/aromatic N) is 1. The zero-order chi connectivity index (χ0) is 18.1. The van der Waals surface area contributed by atoms with Crippen LogP contribution in [0.2, 0.25) is 0 Å². The quantitative estimate of drug-likeness (QED) is 0.750. The molecule has 1 saturated carbocycles. The van der Waals surface area contributed by atoms with Crippen LogP contribution in [0, 0.1) is 19.8 Å². The van der Waals surface area contributed by atoms with Gasteiger partial charge in [0.05, 0.1) is 17.8 Å². The van der Waals surface area contributed by atoms with E-state index in [-0.39, 0.29) is 17.2 Å². The van der Waals surface area contributed by atoms with E-state index >= 15 is 0 Å². The number of aryl methyl sites for hydroxylation is 2. The normalized spacial score (nSPS) is 17.5. The van der Waals surface area contributed by atoms with Crippen molar-refractivity contribution in [3.8, 4) is 0 Å². The van der Waals surface area contributed by atoms with Crippen molar-refractivity contribution in [2.24, 2.45) is 5.92 Å². The number of carbonyl (C=O) groups excluding carboxylic acids is 1. The second-order valence-corrected chi connectivity index (χ2v) is 7.19. The number of benzene rings is 2. The van der Waals surface area contributed by atoms with Crippen LogP contribution in [0.3, 0.4) is 0 Å². The van der Waals surface area contributed by atoms with Crippen LogP contribution < -0.4 is 5.32 Å². The molecule has 1 N–H and O–H groups in total. The van der Waals surface area contributed by atoms with Crippen molar-refractivity contribution in [1.29, 1.82) is 0 Å². The van der Waals surface area contributed by atoms with Gasteiger partial charge in [0.2, 0.25) is 5.91 Å². The SMILES string of the molecule is Cc1ccc(C2(c3ccc(C)cc3)C[C@H]2C(=O)Nc2cccnc2)cc1. The number of anilines is 1. The molecule has 4 rings (SSSR count). The van der Waals surface area contributed by atoms with Crippen LogP contribution in [0.15, 0.2) is 73.1 Å². The number of aromatic nitrogens is 1. The third-order valence-electron chi connectivity index (χ3n) is 5.34. The Morgan fingerprint density at radius 3 is 2.04 bits per heavy atom. The summed E-state index contributed by atoms with van der Waals surface area (Å²) in [5, 5.41) is 3.02. The van der Waals surface area contributed by atoms with E-state index in [2.05, 4.69) is 72.7 Å². The second-order valence-electron chi connectivity index (χ2n) is 7.19. The average Bonchev–Trinajstić information content (AvgIpc) is 3.41. The molecule has 0 aliphatic heterocycles. The zero-order valence-electron chi connectivity index (χ0n) is 15.1. The van der Waals surface area contributed by atoms with Crippen molar-refractivity contribution >= 4 is 11.6 Å². The lowest BCUT2D eigenvalue weighted by molar-refractivity contribution is -0.117. The Bertz CT molecular complexity index is 869. The van der Waals surface area contributed by atoms with Crippen molar-refractivity contribution in [2.45, 2.75) is 25.7 Å². The van der Waals surface area contributed by atoms with Gasteiger partial charge in [-0.15, -0.1) is 0 Å². The molecule has 0 saturated heterocycles. The molecule has 0 bridgehead atoms. The first-order valence-corrected chi connectivity index (χ1v) is 8.95. The van der Waals surface area contributed by atoms with Gasteiger partial charge in [0, 0.05) is 11.6 Å².